The molecule has 14 heavy (non-hydrogen) atoms. The zero-order valence-electron chi connectivity index (χ0n) is 9.03. The van der Waals surface area contributed by atoms with E-state index in [0.29, 0.717) is 18.9 Å². The lowest BCUT2D eigenvalue weighted by Gasteiger charge is -2.16. The van der Waals surface area contributed by atoms with Crippen molar-refractivity contribution in [2.45, 2.75) is 33.1 Å². The Hall–Kier alpha value is -0.860. The van der Waals surface area contributed by atoms with Crippen LogP contribution in [0.2, 0.25) is 0 Å². The summed E-state index contributed by atoms with van der Waals surface area (Å²) >= 11 is 0. The molecule has 0 N–H and O–H groups in total. The summed E-state index contributed by atoms with van der Waals surface area (Å²) in [6.45, 7) is 5.64. The van der Waals surface area contributed by atoms with Crippen molar-refractivity contribution in [3.8, 4) is 0 Å². The van der Waals surface area contributed by atoms with E-state index < -0.39 is 0 Å². The molecule has 0 aromatic rings. The SMILES string of the molecule is CC(C)CCC(=O)N1CCC(C=O)C1. The van der Waals surface area contributed by atoms with Gasteiger partial charge in [-0.2, -0.15) is 0 Å². The number of amides is 1. The van der Waals surface area contributed by atoms with Crippen molar-refractivity contribution >= 4 is 12.2 Å². The second kappa shape index (κ2) is 5.13. The number of nitrogens with zero attached hydrogens (tertiary/aromatic N) is 1. The quantitative estimate of drug-likeness (QED) is 0.640. The summed E-state index contributed by atoms with van der Waals surface area (Å²) in [5, 5.41) is 0. The number of rotatable bonds is 4. The van der Waals surface area contributed by atoms with Crippen molar-refractivity contribution in [3.63, 3.8) is 0 Å². The highest BCUT2D eigenvalue weighted by molar-refractivity contribution is 5.77. The highest BCUT2D eigenvalue weighted by Crippen LogP contribution is 2.16. The highest BCUT2D eigenvalue weighted by atomic mass is 16.2. The van der Waals surface area contributed by atoms with E-state index in [2.05, 4.69) is 13.8 Å². The number of carbonyl (C=O) groups excluding carboxylic acids is 2. The van der Waals surface area contributed by atoms with Gasteiger partial charge in [0.15, 0.2) is 0 Å². The predicted octanol–water partition coefficient (Wildman–Crippen LogP) is 1.47. The summed E-state index contributed by atoms with van der Waals surface area (Å²) in [4.78, 5) is 23.9. The van der Waals surface area contributed by atoms with Gasteiger partial charge < -0.3 is 9.69 Å². The van der Waals surface area contributed by atoms with Gasteiger partial charge in [-0.1, -0.05) is 13.8 Å². The number of aldehydes is 1. The Morgan fingerprint density at radius 2 is 2.29 bits per heavy atom. The van der Waals surface area contributed by atoms with E-state index in [1.54, 1.807) is 0 Å². The molecular formula is C11H19NO2. The Morgan fingerprint density at radius 1 is 1.57 bits per heavy atom. The molecule has 1 amide bonds. The van der Waals surface area contributed by atoms with Crippen LogP contribution in [0.5, 0.6) is 0 Å². The zero-order valence-corrected chi connectivity index (χ0v) is 9.03. The van der Waals surface area contributed by atoms with Gasteiger partial charge in [0.1, 0.15) is 6.29 Å². The van der Waals surface area contributed by atoms with Gasteiger partial charge in [-0.15, -0.1) is 0 Å². The van der Waals surface area contributed by atoms with Crippen LogP contribution in [0.25, 0.3) is 0 Å². The van der Waals surface area contributed by atoms with Crippen LogP contribution < -0.4 is 0 Å². The molecule has 1 fully saturated rings. The summed E-state index contributed by atoms with van der Waals surface area (Å²) in [6, 6.07) is 0. The van der Waals surface area contributed by atoms with Gasteiger partial charge in [-0.05, 0) is 18.8 Å². The summed E-state index contributed by atoms with van der Waals surface area (Å²) < 4.78 is 0. The molecule has 1 aliphatic rings. The van der Waals surface area contributed by atoms with E-state index in [1.165, 1.54) is 0 Å². The van der Waals surface area contributed by atoms with Crippen LogP contribution in [0.15, 0.2) is 0 Å². The monoisotopic (exact) mass is 197 g/mol. The Bertz CT molecular complexity index is 213. The Balaban J connectivity index is 2.28. The maximum atomic E-state index is 11.6. The fraction of sp³-hybridized carbons (Fsp3) is 0.818. The fourth-order valence-electron chi connectivity index (χ4n) is 1.70. The first kappa shape index (κ1) is 11.2. The van der Waals surface area contributed by atoms with Crippen molar-refractivity contribution in [2.24, 2.45) is 11.8 Å². The summed E-state index contributed by atoms with van der Waals surface area (Å²) in [5.74, 6) is 0.865. The molecule has 3 heteroatoms. The van der Waals surface area contributed by atoms with Gasteiger partial charge >= 0.3 is 0 Å². The molecule has 0 spiro atoms. The average molecular weight is 197 g/mol. The molecule has 80 valence electrons. The molecule has 0 aliphatic carbocycles. The second-order valence-corrected chi connectivity index (χ2v) is 4.46. The van der Waals surface area contributed by atoms with E-state index in [9.17, 15) is 9.59 Å². The maximum Gasteiger partial charge on any atom is 0.222 e. The molecule has 0 saturated carbocycles. The largest absolute Gasteiger partial charge is 0.342 e. The van der Waals surface area contributed by atoms with Gasteiger partial charge in [0, 0.05) is 25.4 Å². The Labute approximate surface area is 85.5 Å². The van der Waals surface area contributed by atoms with Crippen LogP contribution in [0.1, 0.15) is 33.1 Å². The predicted molar refractivity (Wildman–Crippen MR) is 54.8 cm³/mol. The summed E-state index contributed by atoms with van der Waals surface area (Å²) in [5.41, 5.74) is 0. The Morgan fingerprint density at radius 3 is 2.79 bits per heavy atom. The highest BCUT2D eigenvalue weighted by Gasteiger charge is 2.25. The minimum absolute atomic E-state index is 0.0815. The standard InChI is InChI=1S/C11H19NO2/c1-9(2)3-4-11(14)12-6-5-10(7-12)8-13/h8-10H,3-7H2,1-2H3. The van der Waals surface area contributed by atoms with Crippen LogP contribution in [0, 0.1) is 11.8 Å². The van der Waals surface area contributed by atoms with Gasteiger partial charge in [0.05, 0.1) is 0 Å². The number of hydrogen-bond acceptors (Lipinski definition) is 2. The van der Waals surface area contributed by atoms with Crippen molar-refractivity contribution in [1.29, 1.82) is 0 Å². The maximum absolute atomic E-state index is 11.6. The van der Waals surface area contributed by atoms with E-state index in [4.69, 9.17) is 0 Å². The molecule has 1 aliphatic heterocycles. The first-order valence-corrected chi connectivity index (χ1v) is 5.36. The molecule has 0 aromatic heterocycles. The minimum Gasteiger partial charge on any atom is -0.342 e. The van der Waals surface area contributed by atoms with Gasteiger partial charge in [-0.25, -0.2) is 0 Å². The normalized spacial score (nSPS) is 21.6. The molecule has 0 bridgehead atoms. The van der Waals surface area contributed by atoms with E-state index >= 15 is 0 Å². The van der Waals surface area contributed by atoms with Crippen LogP contribution in [-0.4, -0.2) is 30.2 Å². The Kier molecular flexibility index (Phi) is 4.11. The average Bonchev–Trinajstić information content (AvgIpc) is 2.62. The fourth-order valence-corrected chi connectivity index (χ4v) is 1.70. The van der Waals surface area contributed by atoms with E-state index in [-0.39, 0.29) is 11.8 Å². The summed E-state index contributed by atoms with van der Waals surface area (Å²) in [6.07, 6.45) is 3.39. The smallest absolute Gasteiger partial charge is 0.222 e. The van der Waals surface area contributed by atoms with Crippen LogP contribution in [-0.2, 0) is 9.59 Å². The van der Waals surface area contributed by atoms with Gasteiger partial charge in [0.25, 0.3) is 0 Å². The third-order valence-corrected chi connectivity index (χ3v) is 2.71. The van der Waals surface area contributed by atoms with E-state index in [0.717, 1.165) is 25.7 Å². The van der Waals surface area contributed by atoms with E-state index in [1.807, 2.05) is 4.90 Å². The molecule has 1 heterocycles. The minimum atomic E-state index is 0.0815. The summed E-state index contributed by atoms with van der Waals surface area (Å²) in [7, 11) is 0. The lowest BCUT2D eigenvalue weighted by atomic mass is 10.1. The third-order valence-electron chi connectivity index (χ3n) is 2.71. The first-order valence-electron chi connectivity index (χ1n) is 5.36. The third kappa shape index (κ3) is 3.13. The second-order valence-electron chi connectivity index (χ2n) is 4.46. The van der Waals surface area contributed by atoms with Crippen LogP contribution in [0.4, 0.5) is 0 Å². The van der Waals surface area contributed by atoms with Crippen molar-refractivity contribution < 1.29 is 9.59 Å². The molecule has 3 nitrogen and oxygen atoms in total. The zero-order chi connectivity index (χ0) is 10.6. The lowest BCUT2D eigenvalue weighted by molar-refractivity contribution is -0.130. The molecular weight excluding hydrogens is 178 g/mol. The van der Waals surface area contributed by atoms with Crippen molar-refractivity contribution in [1.82, 2.24) is 4.90 Å². The molecule has 1 unspecified atom stereocenters. The van der Waals surface area contributed by atoms with Gasteiger partial charge in [0.2, 0.25) is 5.91 Å². The molecule has 0 radical (unpaired) electrons. The van der Waals surface area contributed by atoms with Crippen molar-refractivity contribution in [2.75, 3.05) is 13.1 Å². The molecule has 1 atom stereocenters. The molecule has 1 rings (SSSR count). The number of likely N-dealkylation sites (tertiary alicyclic amines) is 1. The van der Waals surface area contributed by atoms with Crippen molar-refractivity contribution in [3.05, 3.63) is 0 Å². The molecule has 0 aromatic carbocycles. The first-order chi connectivity index (χ1) is 6.63. The topological polar surface area (TPSA) is 37.4 Å². The molecule has 1 saturated heterocycles. The lowest BCUT2D eigenvalue weighted by Crippen LogP contribution is -2.28. The van der Waals surface area contributed by atoms with Gasteiger partial charge in [-0.3, -0.25) is 4.79 Å². The van der Waals surface area contributed by atoms with Crippen LogP contribution >= 0.6 is 0 Å². The number of carbonyl (C=O) groups is 2. The number of hydrogen-bond donors (Lipinski definition) is 0. The van der Waals surface area contributed by atoms with Crippen LogP contribution in [0.3, 0.4) is 0 Å².